The van der Waals surface area contributed by atoms with E-state index in [2.05, 4.69) is 4.98 Å². The third kappa shape index (κ3) is 3.19. The number of H-pyrrole nitrogens is 1. The molecule has 4 rings (SSSR count). The molecular weight excluding hydrogens is 369 g/mol. The fourth-order valence-electron chi connectivity index (χ4n) is 5.02. The van der Waals surface area contributed by atoms with Gasteiger partial charge in [0, 0.05) is 35.2 Å². The van der Waals surface area contributed by atoms with E-state index in [4.69, 9.17) is 0 Å². The van der Waals surface area contributed by atoms with E-state index < -0.39 is 24.1 Å². The minimum atomic E-state index is -4.96. The highest BCUT2D eigenvalue weighted by molar-refractivity contribution is 5.86. The Kier molecular flexibility index (Phi) is 4.89. The molecule has 4 nitrogen and oxygen atoms in total. The smallest absolute Gasteiger partial charge is 0.376 e. The first-order chi connectivity index (χ1) is 13.3. The Hall–Kier alpha value is -2.02. The van der Waals surface area contributed by atoms with Crippen LogP contribution in [0.3, 0.4) is 0 Å². The van der Waals surface area contributed by atoms with Crippen LogP contribution in [0.15, 0.2) is 30.5 Å². The van der Waals surface area contributed by atoms with E-state index in [0.29, 0.717) is 18.0 Å². The average molecular weight is 394 g/mol. The maximum Gasteiger partial charge on any atom is 0.422 e. The first-order valence-electron chi connectivity index (χ1n) is 9.96. The number of nitrogens with one attached hydrogen (secondary N) is 1. The Balaban J connectivity index is 1.66. The fourth-order valence-corrected chi connectivity index (χ4v) is 5.02. The zero-order chi connectivity index (χ0) is 19.9. The summed E-state index contributed by atoms with van der Waals surface area (Å²) in [5.41, 5.74) is -3.01. The Morgan fingerprint density at radius 2 is 1.86 bits per heavy atom. The predicted octanol–water partition coefficient (Wildman–Crippen LogP) is 4.49. The lowest BCUT2D eigenvalue weighted by Crippen LogP contribution is -2.53. The van der Waals surface area contributed by atoms with Crippen LogP contribution in [0.25, 0.3) is 10.9 Å². The molecule has 2 fully saturated rings. The molecule has 0 spiro atoms. The number of likely N-dealkylation sites (tertiary alicyclic amines) is 1. The number of hydrogen-bond acceptors (Lipinski definition) is 2. The maximum absolute atomic E-state index is 14.0. The summed E-state index contributed by atoms with van der Waals surface area (Å²) in [6.07, 6.45) is 1.04. The Labute approximate surface area is 161 Å². The summed E-state index contributed by atoms with van der Waals surface area (Å²) in [6.45, 7) is 0.474. The number of amides is 1. The number of alkyl halides is 3. The van der Waals surface area contributed by atoms with Crippen LogP contribution < -0.4 is 0 Å². The number of rotatable bonds is 3. The van der Waals surface area contributed by atoms with Gasteiger partial charge in [-0.3, -0.25) is 4.79 Å². The van der Waals surface area contributed by atoms with Gasteiger partial charge in [-0.05, 0) is 37.7 Å². The number of carbonyl (C=O) groups is 1. The van der Waals surface area contributed by atoms with Crippen LogP contribution in [0.4, 0.5) is 13.2 Å². The molecule has 1 amide bonds. The Morgan fingerprint density at radius 1 is 1.14 bits per heavy atom. The molecule has 28 heavy (non-hydrogen) atoms. The molecule has 2 heterocycles. The minimum Gasteiger partial charge on any atom is -0.376 e. The molecule has 2 N–H and O–H groups in total. The van der Waals surface area contributed by atoms with Crippen molar-refractivity contribution in [2.45, 2.75) is 62.8 Å². The fraction of sp³-hybridized carbons (Fsp3) is 0.571. The van der Waals surface area contributed by atoms with Crippen LogP contribution >= 0.6 is 0 Å². The summed E-state index contributed by atoms with van der Waals surface area (Å²) in [5, 5.41) is 11.1. The number of aromatic amines is 1. The molecule has 1 aromatic carbocycles. The number of fused-ring (bicyclic) bond motifs is 2. The van der Waals surface area contributed by atoms with Crippen LogP contribution in [-0.2, 0) is 10.4 Å². The molecular formula is C21H25F3N2O2. The van der Waals surface area contributed by atoms with Gasteiger partial charge < -0.3 is 15.0 Å². The van der Waals surface area contributed by atoms with Crippen molar-refractivity contribution < 1.29 is 23.1 Å². The third-order valence-electron chi connectivity index (χ3n) is 6.47. The number of aliphatic hydroxyl groups is 1. The lowest BCUT2D eigenvalue weighted by Gasteiger charge is -2.45. The van der Waals surface area contributed by atoms with E-state index in [9.17, 15) is 23.1 Å². The van der Waals surface area contributed by atoms with Crippen molar-refractivity contribution in [3.05, 3.63) is 36.0 Å². The van der Waals surface area contributed by atoms with Crippen molar-refractivity contribution in [2.24, 2.45) is 5.92 Å². The van der Waals surface area contributed by atoms with Crippen LogP contribution in [0.2, 0.25) is 0 Å². The topological polar surface area (TPSA) is 56.3 Å². The lowest BCUT2D eigenvalue weighted by molar-refractivity contribution is -0.268. The van der Waals surface area contributed by atoms with Gasteiger partial charge in [-0.1, -0.05) is 31.0 Å². The van der Waals surface area contributed by atoms with Gasteiger partial charge in [-0.15, -0.1) is 0 Å². The van der Waals surface area contributed by atoms with Gasteiger partial charge in [0.15, 0.2) is 5.60 Å². The van der Waals surface area contributed by atoms with Crippen molar-refractivity contribution in [1.82, 2.24) is 9.88 Å². The summed E-state index contributed by atoms with van der Waals surface area (Å²) in [4.78, 5) is 17.4. The minimum absolute atomic E-state index is 0.00968. The van der Waals surface area contributed by atoms with Crippen molar-refractivity contribution >= 4 is 16.8 Å². The molecule has 1 aromatic heterocycles. The molecule has 3 atom stereocenters. The summed E-state index contributed by atoms with van der Waals surface area (Å²) in [7, 11) is 0. The van der Waals surface area contributed by atoms with E-state index in [-0.39, 0.29) is 17.0 Å². The number of para-hydroxylation sites is 1. The van der Waals surface area contributed by atoms with Crippen LogP contribution in [0.5, 0.6) is 0 Å². The highest BCUT2D eigenvalue weighted by Gasteiger charge is 2.57. The Morgan fingerprint density at radius 3 is 2.64 bits per heavy atom. The first-order valence-corrected chi connectivity index (χ1v) is 9.96. The van der Waals surface area contributed by atoms with E-state index in [1.54, 1.807) is 23.1 Å². The molecule has 1 saturated heterocycles. The highest BCUT2D eigenvalue weighted by Crippen LogP contribution is 2.45. The van der Waals surface area contributed by atoms with Crippen LogP contribution in [0.1, 0.15) is 50.5 Å². The average Bonchev–Trinajstić information content (AvgIpc) is 3.11. The number of halogens is 3. The zero-order valence-electron chi connectivity index (χ0n) is 15.6. The summed E-state index contributed by atoms with van der Waals surface area (Å²) < 4.78 is 42.1. The van der Waals surface area contributed by atoms with Crippen molar-refractivity contribution in [3.63, 3.8) is 0 Å². The van der Waals surface area contributed by atoms with Crippen molar-refractivity contribution in [2.75, 3.05) is 6.54 Å². The highest BCUT2D eigenvalue weighted by atomic mass is 19.4. The molecule has 2 aromatic rings. The van der Waals surface area contributed by atoms with Crippen molar-refractivity contribution in [1.29, 1.82) is 0 Å². The van der Waals surface area contributed by atoms with Gasteiger partial charge in [-0.25, -0.2) is 0 Å². The number of nitrogens with zero attached hydrogens (tertiary/aromatic N) is 1. The molecule has 2 aliphatic rings. The van der Waals surface area contributed by atoms with E-state index in [1.165, 1.54) is 12.3 Å². The zero-order valence-corrected chi connectivity index (χ0v) is 15.6. The summed E-state index contributed by atoms with van der Waals surface area (Å²) in [6, 6.07) is 6.51. The number of carbonyl (C=O) groups excluding carboxylic acids is 1. The Bertz CT molecular complexity index is 861. The van der Waals surface area contributed by atoms with Crippen LogP contribution in [0, 0.1) is 5.92 Å². The quantitative estimate of drug-likeness (QED) is 0.806. The number of piperidine rings is 1. The number of hydrogen-bond donors (Lipinski definition) is 2. The summed E-state index contributed by atoms with van der Waals surface area (Å²) >= 11 is 0. The largest absolute Gasteiger partial charge is 0.422 e. The molecule has 1 saturated carbocycles. The third-order valence-corrected chi connectivity index (χ3v) is 6.47. The second-order valence-electron chi connectivity index (χ2n) is 8.12. The molecule has 7 heteroatoms. The van der Waals surface area contributed by atoms with Gasteiger partial charge in [0.25, 0.3) is 0 Å². The molecule has 1 aliphatic heterocycles. The molecule has 0 radical (unpaired) electrons. The van der Waals surface area contributed by atoms with Crippen molar-refractivity contribution in [3.8, 4) is 0 Å². The second-order valence-corrected chi connectivity index (χ2v) is 8.12. The number of benzene rings is 1. The summed E-state index contributed by atoms with van der Waals surface area (Å²) in [5.74, 6) is -0.236. The van der Waals surface area contributed by atoms with E-state index >= 15 is 0 Å². The normalized spacial score (nSPS) is 25.4. The number of aromatic nitrogens is 1. The van der Waals surface area contributed by atoms with Crippen LogP contribution in [-0.4, -0.2) is 39.7 Å². The standard InChI is InChI=1S/C21H25F3N2O2/c22-21(23,24)20(28,16-13-25-17-9-3-2-8-15(16)17)12-19(27)26-11-5-7-14-6-1-4-10-18(14)26/h2-3,8-9,13-14,18,25,28H,1,4-7,10-12H2. The lowest BCUT2D eigenvalue weighted by atomic mass is 9.78. The van der Waals surface area contributed by atoms with Gasteiger partial charge in [0.1, 0.15) is 0 Å². The second kappa shape index (κ2) is 7.10. The monoisotopic (exact) mass is 394 g/mol. The molecule has 0 bridgehead atoms. The molecule has 3 unspecified atom stereocenters. The van der Waals surface area contributed by atoms with Gasteiger partial charge >= 0.3 is 6.18 Å². The molecule has 152 valence electrons. The van der Waals surface area contributed by atoms with E-state index in [1.807, 2.05) is 0 Å². The SMILES string of the molecule is O=C(CC(O)(c1c[nH]c2ccccc12)C(F)(F)F)N1CCCC2CCCCC21. The van der Waals surface area contributed by atoms with Gasteiger partial charge in [0.05, 0.1) is 6.42 Å². The van der Waals surface area contributed by atoms with Gasteiger partial charge in [0.2, 0.25) is 5.91 Å². The maximum atomic E-state index is 14.0. The van der Waals surface area contributed by atoms with E-state index in [0.717, 1.165) is 38.5 Å². The van der Waals surface area contributed by atoms with Gasteiger partial charge in [-0.2, -0.15) is 13.2 Å². The first kappa shape index (κ1) is 19.3. The molecule has 1 aliphatic carbocycles. The predicted molar refractivity (Wildman–Crippen MR) is 99.6 cm³/mol.